The first-order chi connectivity index (χ1) is 15.9. The Labute approximate surface area is 196 Å². The zero-order valence-corrected chi connectivity index (χ0v) is 19.4. The number of rotatable bonds is 11. The zero-order valence-electron chi connectivity index (χ0n) is 19.4. The Morgan fingerprint density at radius 2 is 1.64 bits per heavy atom. The second-order valence-electron chi connectivity index (χ2n) is 7.29. The van der Waals surface area contributed by atoms with Crippen molar-refractivity contribution in [2.24, 2.45) is 17.2 Å². The van der Waals surface area contributed by atoms with Crippen molar-refractivity contribution in [1.82, 2.24) is 0 Å². The molecule has 8 nitrogen and oxygen atoms in total. The fourth-order valence-corrected chi connectivity index (χ4v) is 2.54. The first-order valence-corrected chi connectivity index (χ1v) is 11.1. The lowest BCUT2D eigenvalue weighted by Gasteiger charge is -2.03. The quantitative estimate of drug-likeness (QED) is 0.255. The van der Waals surface area contributed by atoms with E-state index in [2.05, 4.69) is 17.4 Å². The van der Waals surface area contributed by atoms with Crippen LogP contribution in [0.25, 0.3) is 0 Å². The number of anilines is 1. The lowest BCUT2D eigenvalue weighted by atomic mass is 10.1. The van der Waals surface area contributed by atoms with Crippen molar-refractivity contribution in [3.05, 3.63) is 65.7 Å². The molecule has 0 heterocycles. The third-order valence-electron chi connectivity index (χ3n) is 4.37. The number of amides is 1. The van der Waals surface area contributed by atoms with Gasteiger partial charge in [-0.25, -0.2) is 0 Å². The Hall–Kier alpha value is -3.07. The van der Waals surface area contributed by atoms with Crippen LogP contribution in [0.2, 0.25) is 0 Å². The van der Waals surface area contributed by atoms with Gasteiger partial charge in [-0.05, 0) is 68.6 Å². The molecule has 0 aliphatic heterocycles. The summed E-state index contributed by atoms with van der Waals surface area (Å²) >= 11 is 0. The number of aldehydes is 1. The molecule has 0 saturated carbocycles. The van der Waals surface area contributed by atoms with Crippen LogP contribution in [0.4, 0.5) is 5.69 Å². The van der Waals surface area contributed by atoms with Crippen LogP contribution in [0.15, 0.2) is 54.6 Å². The Morgan fingerprint density at radius 3 is 2.12 bits per heavy atom. The highest BCUT2D eigenvalue weighted by molar-refractivity contribution is 5.91. The molecule has 1 unspecified atom stereocenters. The first-order valence-electron chi connectivity index (χ1n) is 11.1. The van der Waals surface area contributed by atoms with Gasteiger partial charge in [-0.1, -0.05) is 43.7 Å². The van der Waals surface area contributed by atoms with Crippen molar-refractivity contribution in [2.45, 2.75) is 51.5 Å². The van der Waals surface area contributed by atoms with E-state index in [9.17, 15) is 14.4 Å². The predicted molar refractivity (Wildman–Crippen MR) is 133 cm³/mol. The molecule has 0 aromatic heterocycles. The van der Waals surface area contributed by atoms with Crippen LogP contribution in [0.5, 0.6) is 0 Å². The van der Waals surface area contributed by atoms with Gasteiger partial charge in [-0.15, -0.1) is 0 Å². The van der Waals surface area contributed by atoms with Crippen LogP contribution in [0.3, 0.4) is 0 Å². The van der Waals surface area contributed by atoms with Crippen molar-refractivity contribution in [2.75, 3.05) is 18.4 Å². The summed E-state index contributed by atoms with van der Waals surface area (Å²) in [5, 5.41) is 11.1. The topological polar surface area (TPSA) is 162 Å². The maximum atomic E-state index is 11.2. The first kappa shape index (κ1) is 29.9. The van der Waals surface area contributed by atoms with Crippen LogP contribution in [0.1, 0.15) is 54.9 Å². The van der Waals surface area contributed by atoms with Crippen LogP contribution >= 0.6 is 0 Å². The Bertz CT molecular complexity index is 783. The van der Waals surface area contributed by atoms with E-state index in [0.717, 1.165) is 44.2 Å². The lowest BCUT2D eigenvalue weighted by molar-refractivity contribution is -0.138. The van der Waals surface area contributed by atoms with E-state index in [1.54, 1.807) is 24.3 Å². The highest BCUT2D eigenvalue weighted by Crippen LogP contribution is 2.08. The number of hydrogen-bond acceptors (Lipinski definition) is 6. The van der Waals surface area contributed by atoms with Gasteiger partial charge < -0.3 is 27.6 Å². The van der Waals surface area contributed by atoms with Gasteiger partial charge in [-0.2, -0.15) is 0 Å². The molecule has 8 heteroatoms. The van der Waals surface area contributed by atoms with Gasteiger partial charge in [0.1, 0.15) is 12.3 Å². The van der Waals surface area contributed by atoms with Crippen molar-refractivity contribution in [3.8, 4) is 0 Å². The number of benzene rings is 2. The third-order valence-corrected chi connectivity index (χ3v) is 4.37. The highest BCUT2D eigenvalue weighted by atomic mass is 16.4. The van der Waals surface area contributed by atoms with Crippen LogP contribution in [0, 0.1) is 0 Å². The summed E-state index contributed by atoms with van der Waals surface area (Å²) in [5.74, 6) is -0.927. The van der Waals surface area contributed by atoms with Crippen molar-refractivity contribution in [3.63, 3.8) is 0 Å². The largest absolute Gasteiger partial charge is 0.480 e. The molecular formula is C25H38N4O4. The standard InChI is InChI=1S/C11H13NO2.C8H11N.C6H14N2O2/c1-2-3-11(14)12-10-6-4-9(8-13)5-7-10;9-7-6-8-4-2-1-3-5-8;7-4-2-1-3-5(8)6(9)10/h4-8H,2-3H2,1H3,(H,12,14);1-5H,6-7,9H2;5H,1-4,7-8H2,(H,9,10). The number of carbonyl (C=O) groups is 3. The van der Waals surface area contributed by atoms with Gasteiger partial charge in [0.25, 0.3) is 0 Å². The van der Waals surface area contributed by atoms with Crippen molar-refractivity contribution in [1.29, 1.82) is 0 Å². The van der Waals surface area contributed by atoms with Gasteiger partial charge in [0.15, 0.2) is 0 Å². The Morgan fingerprint density at radius 1 is 1.00 bits per heavy atom. The Balaban J connectivity index is 0.000000481. The summed E-state index contributed by atoms with van der Waals surface area (Å²) in [6.07, 6.45) is 5.28. The monoisotopic (exact) mass is 458 g/mol. The average Bonchev–Trinajstić information content (AvgIpc) is 2.81. The number of unbranched alkanes of at least 4 members (excludes halogenated alkanes) is 1. The minimum Gasteiger partial charge on any atom is -0.480 e. The SMILES string of the molecule is CCCC(=O)Nc1ccc(C=O)cc1.NCCCCC(N)C(=O)O.NCCc1ccccc1. The molecule has 0 bridgehead atoms. The van der Waals surface area contributed by atoms with Gasteiger partial charge in [0.2, 0.25) is 5.91 Å². The summed E-state index contributed by atoms with van der Waals surface area (Å²) in [6.45, 7) is 3.30. The molecule has 2 aromatic rings. The molecule has 182 valence electrons. The summed E-state index contributed by atoms with van der Waals surface area (Å²) < 4.78 is 0. The minimum atomic E-state index is -0.933. The summed E-state index contributed by atoms with van der Waals surface area (Å²) in [6, 6.07) is 16.3. The number of aliphatic carboxylic acids is 1. The molecular weight excluding hydrogens is 420 g/mol. The Kier molecular flexibility index (Phi) is 17.8. The van der Waals surface area contributed by atoms with Crippen LogP contribution in [-0.4, -0.2) is 42.4 Å². The lowest BCUT2D eigenvalue weighted by Crippen LogP contribution is -2.29. The highest BCUT2D eigenvalue weighted by Gasteiger charge is 2.09. The molecule has 33 heavy (non-hydrogen) atoms. The third kappa shape index (κ3) is 16.3. The molecule has 0 spiro atoms. The van der Waals surface area contributed by atoms with E-state index in [1.165, 1.54) is 5.56 Å². The van der Waals surface area contributed by atoms with E-state index in [-0.39, 0.29) is 5.91 Å². The van der Waals surface area contributed by atoms with Crippen LogP contribution < -0.4 is 22.5 Å². The molecule has 1 amide bonds. The number of carbonyl (C=O) groups excluding carboxylic acids is 2. The minimum absolute atomic E-state index is 0.00588. The fourth-order valence-electron chi connectivity index (χ4n) is 2.54. The van der Waals surface area contributed by atoms with Gasteiger partial charge in [-0.3, -0.25) is 14.4 Å². The van der Waals surface area contributed by atoms with E-state index < -0.39 is 12.0 Å². The molecule has 0 fully saturated rings. The van der Waals surface area contributed by atoms with Gasteiger partial charge >= 0.3 is 5.97 Å². The molecule has 2 aromatic carbocycles. The molecule has 8 N–H and O–H groups in total. The fraction of sp³-hybridized carbons (Fsp3) is 0.400. The van der Waals surface area contributed by atoms with E-state index in [4.69, 9.17) is 22.3 Å². The van der Waals surface area contributed by atoms with Crippen molar-refractivity contribution >= 4 is 23.9 Å². The van der Waals surface area contributed by atoms with Gasteiger partial charge in [0, 0.05) is 17.7 Å². The van der Waals surface area contributed by atoms with E-state index >= 15 is 0 Å². The second-order valence-corrected chi connectivity index (χ2v) is 7.29. The maximum Gasteiger partial charge on any atom is 0.320 e. The number of nitrogens with two attached hydrogens (primary N) is 3. The van der Waals surface area contributed by atoms with E-state index in [0.29, 0.717) is 24.9 Å². The number of carboxylic acids is 1. The molecule has 0 saturated heterocycles. The average molecular weight is 459 g/mol. The second kappa shape index (κ2) is 19.6. The zero-order chi connectivity index (χ0) is 24.9. The molecule has 1 atom stereocenters. The van der Waals surface area contributed by atoms with Crippen molar-refractivity contribution < 1.29 is 19.5 Å². The summed E-state index contributed by atoms with van der Waals surface area (Å²) in [4.78, 5) is 31.7. The normalized spacial score (nSPS) is 10.5. The molecule has 0 aliphatic rings. The molecule has 0 radical (unpaired) electrons. The molecule has 2 rings (SSSR count). The molecule has 0 aliphatic carbocycles. The number of hydrogen-bond donors (Lipinski definition) is 5. The van der Waals surface area contributed by atoms with Crippen LogP contribution in [-0.2, 0) is 16.0 Å². The summed E-state index contributed by atoms with van der Waals surface area (Å²) in [7, 11) is 0. The maximum absolute atomic E-state index is 11.2. The number of carboxylic acid groups (broad SMARTS) is 1. The smallest absolute Gasteiger partial charge is 0.320 e. The van der Waals surface area contributed by atoms with Gasteiger partial charge in [0.05, 0.1) is 0 Å². The number of nitrogens with one attached hydrogen (secondary N) is 1. The summed E-state index contributed by atoms with van der Waals surface area (Å²) in [5.41, 5.74) is 18.4. The van der Waals surface area contributed by atoms with E-state index in [1.807, 2.05) is 25.1 Å². The predicted octanol–water partition coefficient (Wildman–Crippen LogP) is 2.95.